The molecule has 1 saturated heterocycles. The van der Waals surface area contributed by atoms with Crippen molar-refractivity contribution in [2.75, 3.05) is 5.23 Å². The molecule has 0 spiro atoms. The van der Waals surface area contributed by atoms with Crippen LogP contribution in [0.4, 0.5) is 5.69 Å². The molecule has 1 fully saturated rings. The van der Waals surface area contributed by atoms with Crippen molar-refractivity contribution >= 4 is 5.69 Å². The van der Waals surface area contributed by atoms with Crippen LogP contribution in [0.3, 0.4) is 0 Å². The van der Waals surface area contributed by atoms with E-state index in [-0.39, 0.29) is 11.2 Å². The van der Waals surface area contributed by atoms with Gasteiger partial charge in [0.2, 0.25) is 0 Å². The van der Waals surface area contributed by atoms with E-state index < -0.39 is 0 Å². The maximum Gasteiger partial charge on any atom is 0.133 e. The van der Waals surface area contributed by atoms with Crippen molar-refractivity contribution in [3.8, 4) is 0 Å². The number of hydrogen-bond acceptors (Lipinski definition) is 4. The Balaban J connectivity index is 2.23. The summed E-state index contributed by atoms with van der Waals surface area (Å²) in [5.74, 6) is 0. The van der Waals surface area contributed by atoms with Crippen LogP contribution in [0.25, 0.3) is 0 Å². The highest BCUT2D eigenvalue weighted by atomic mass is 17.0. The second-order valence-electron chi connectivity index (χ2n) is 4.83. The Morgan fingerprint density at radius 3 is 2.07 bits per heavy atom. The maximum absolute atomic E-state index is 5.72. The zero-order valence-corrected chi connectivity index (χ0v) is 9.81. The lowest BCUT2D eigenvalue weighted by Crippen LogP contribution is -2.41. The second kappa shape index (κ2) is 2.96. The Morgan fingerprint density at radius 2 is 1.67 bits per heavy atom. The van der Waals surface area contributed by atoms with Gasteiger partial charge in [0.05, 0.1) is 12.4 Å². The van der Waals surface area contributed by atoms with Crippen molar-refractivity contribution in [1.82, 2.24) is 9.78 Å². The Morgan fingerprint density at radius 1 is 1.13 bits per heavy atom. The minimum atomic E-state index is -0.358. The van der Waals surface area contributed by atoms with Gasteiger partial charge in [0.1, 0.15) is 16.9 Å². The molecule has 5 nitrogen and oxygen atoms in total. The third-order valence-corrected chi connectivity index (χ3v) is 2.97. The van der Waals surface area contributed by atoms with Gasteiger partial charge in [-0.15, -0.1) is 5.23 Å². The molecule has 1 aliphatic rings. The van der Waals surface area contributed by atoms with Crippen LogP contribution in [0.15, 0.2) is 12.4 Å². The summed E-state index contributed by atoms with van der Waals surface area (Å²) in [6, 6.07) is 0. The first-order chi connectivity index (χ1) is 6.82. The molecule has 0 saturated carbocycles. The van der Waals surface area contributed by atoms with Crippen LogP contribution in [0.2, 0.25) is 0 Å². The number of anilines is 1. The minimum Gasteiger partial charge on any atom is -0.273 e. The molecule has 5 heteroatoms. The average molecular weight is 211 g/mol. The molecule has 0 unspecified atom stereocenters. The highest BCUT2D eigenvalue weighted by molar-refractivity contribution is 5.37. The van der Waals surface area contributed by atoms with Crippen LogP contribution in [-0.4, -0.2) is 21.0 Å². The van der Waals surface area contributed by atoms with Crippen LogP contribution in [0.5, 0.6) is 0 Å². The first-order valence-corrected chi connectivity index (χ1v) is 4.99. The lowest BCUT2D eigenvalue weighted by molar-refractivity contribution is -0.0273. The third kappa shape index (κ3) is 1.61. The predicted molar refractivity (Wildman–Crippen MR) is 56.0 cm³/mol. The number of rotatable bonds is 1. The summed E-state index contributed by atoms with van der Waals surface area (Å²) in [4.78, 5) is 11.4. The molecule has 0 radical (unpaired) electrons. The van der Waals surface area contributed by atoms with Gasteiger partial charge in [-0.3, -0.25) is 4.68 Å². The molecular weight excluding hydrogens is 194 g/mol. The molecule has 1 aromatic rings. The average Bonchev–Trinajstić information content (AvgIpc) is 2.56. The van der Waals surface area contributed by atoms with Gasteiger partial charge >= 0.3 is 0 Å². The van der Waals surface area contributed by atoms with Crippen LogP contribution in [-0.2, 0) is 16.7 Å². The highest BCUT2D eigenvalue weighted by Crippen LogP contribution is 2.39. The Bertz CT molecular complexity index is 354. The van der Waals surface area contributed by atoms with Crippen LogP contribution >= 0.6 is 0 Å². The molecule has 15 heavy (non-hydrogen) atoms. The van der Waals surface area contributed by atoms with Crippen molar-refractivity contribution in [3.63, 3.8) is 0 Å². The first kappa shape index (κ1) is 10.4. The molecule has 2 heterocycles. The molecule has 0 aromatic carbocycles. The standard InChI is InChI=1S/C10H17N3O2/c1-9(2)10(3,4)15-13(14-9)8-6-11-12(5)7-8/h6-7H,1-5H3. The summed E-state index contributed by atoms with van der Waals surface area (Å²) >= 11 is 0. The van der Waals surface area contributed by atoms with Crippen molar-refractivity contribution in [2.24, 2.45) is 7.05 Å². The zero-order chi connectivity index (χ0) is 11.3. The van der Waals surface area contributed by atoms with Crippen molar-refractivity contribution in [3.05, 3.63) is 12.4 Å². The van der Waals surface area contributed by atoms with E-state index in [1.165, 1.54) is 5.23 Å². The molecule has 0 atom stereocenters. The molecule has 0 amide bonds. The van der Waals surface area contributed by atoms with Gasteiger partial charge in [-0.05, 0) is 27.7 Å². The predicted octanol–water partition coefficient (Wildman–Crippen LogP) is 1.66. The smallest absolute Gasteiger partial charge is 0.133 e. The quantitative estimate of drug-likeness (QED) is 0.708. The van der Waals surface area contributed by atoms with Crippen LogP contribution < -0.4 is 5.23 Å². The number of nitrogens with zero attached hydrogens (tertiary/aromatic N) is 3. The Hall–Kier alpha value is -1.07. The normalized spacial score (nSPS) is 23.4. The van der Waals surface area contributed by atoms with Gasteiger partial charge in [0, 0.05) is 7.05 Å². The zero-order valence-electron chi connectivity index (χ0n) is 9.81. The summed E-state index contributed by atoms with van der Waals surface area (Å²) in [6.45, 7) is 8.01. The molecule has 84 valence electrons. The maximum atomic E-state index is 5.72. The van der Waals surface area contributed by atoms with E-state index in [1.54, 1.807) is 10.9 Å². The van der Waals surface area contributed by atoms with Crippen molar-refractivity contribution in [2.45, 2.75) is 38.9 Å². The lowest BCUT2D eigenvalue weighted by atomic mass is 9.90. The van der Waals surface area contributed by atoms with E-state index in [2.05, 4.69) is 5.10 Å². The molecule has 2 rings (SSSR count). The number of aryl methyl sites for hydroxylation is 1. The van der Waals surface area contributed by atoms with Crippen LogP contribution in [0.1, 0.15) is 27.7 Å². The van der Waals surface area contributed by atoms with Gasteiger partial charge in [-0.1, -0.05) is 0 Å². The van der Waals surface area contributed by atoms with Gasteiger partial charge in [0.15, 0.2) is 0 Å². The van der Waals surface area contributed by atoms with E-state index in [0.717, 1.165) is 5.69 Å². The molecular formula is C10H17N3O2. The fourth-order valence-electron chi connectivity index (χ4n) is 1.26. The second-order valence-corrected chi connectivity index (χ2v) is 4.83. The Kier molecular flexibility index (Phi) is 2.06. The highest BCUT2D eigenvalue weighted by Gasteiger charge is 2.50. The van der Waals surface area contributed by atoms with Gasteiger partial charge in [0.25, 0.3) is 0 Å². The van der Waals surface area contributed by atoms with Gasteiger partial charge in [-0.2, -0.15) is 5.10 Å². The molecule has 0 aliphatic carbocycles. The lowest BCUT2D eigenvalue weighted by Gasteiger charge is -2.26. The van der Waals surface area contributed by atoms with Crippen molar-refractivity contribution in [1.29, 1.82) is 0 Å². The van der Waals surface area contributed by atoms with E-state index >= 15 is 0 Å². The number of aromatic nitrogens is 2. The Labute approximate surface area is 89.5 Å². The topological polar surface area (TPSA) is 39.5 Å². The third-order valence-electron chi connectivity index (χ3n) is 2.97. The van der Waals surface area contributed by atoms with Gasteiger partial charge < -0.3 is 0 Å². The van der Waals surface area contributed by atoms with E-state index in [1.807, 2.05) is 40.9 Å². The largest absolute Gasteiger partial charge is 0.273 e. The van der Waals surface area contributed by atoms with Gasteiger partial charge in [-0.25, -0.2) is 9.68 Å². The summed E-state index contributed by atoms with van der Waals surface area (Å²) in [7, 11) is 1.86. The minimum absolute atomic E-state index is 0.358. The first-order valence-electron chi connectivity index (χ1n) is 4.99. The molecule has 0 bridgehead atoms. The summed E-state index contributed by atoms with van der Waals surface area (Å²) in [5, 5.41) is 5.51. The monoisotopic (exact) mass is 211 g/mol. The molecule has 0 N–H and O–H groups in total. The summed E-state index contributed by atoms with van der Waals surface area (Å²) < 4.78 is 1.71. The fourth-order valence-corrected chi connectivity index (χ4v) is 1.26. The molecule has 1 aliphatic heterocycles. The van der Waals surface area contributed by atoms with Crippen LogP contribution in [0, 0.1) is 0 Å². The van der Waals surface area contributed by atoms with E-state index in [9.17, 15) is 0 Å². The fraction of sp³-hybridized carbons (Fsp3) is 0.700. The van der Waals surface area contributed by atoms with E-state index in [4.69, 9.17) is 9.68 Å². The van der Waals surface area contributed by atoms with E-state index in [0.29, 0.717) is 0 Å². The number of hydrogen-bond donors (Lipinski definition) is 0. The SMILES string of the molecule is Cn1cc(N2OC(C)(C)C(C)(C)O2)cn1. The summed E-state index contributed by atoms with van der Waals surface area (Å²) in [5.41, 5.74) is 0.0854. The summed E-state index contributed by atoms with van der Waals surface area (Å²) in [6.07, 6.45) is 3.55. The molecule has 1 aromatic heterocycles. The van der Waals surface area contributed by atoms with Crippen molar-refractivity contribution < 1.29 is 9.68 Å².